The first-order chi connectivity index (χ1) is 10.6. The van der Waals surface area contributed by atoms with Gasteiger partial charge in [-0.15, -0.1) is 0 Å². The molecule has 3 aliphatic rings. The highest BCUT2D eigenvalue weighted by atomic mass is 16.5. The third kappa shape index (κ3) is 1.54. The summed E-state index contributed by atoms with van der Waals surface area (Å²) in [5.74, 6) is 1.29. The van der Waals surface area contributed by atoms with Gasteiger partial charge in [-0.25, -0.2) is 0 Å². The fraction of sp³-hybridized carbons (Fsp3) is 0.412. The van der Waals surface area contributed by atoms with E-state index in [9.17, 15) is 9.59 Å². The second kappa shape index (κ2) is 4.35. The van der Waals surface area contributed by atoms with Crippen LogP contribution < -0.4 is 9.47 Å². The molecule has 1 spiro atoms. The summed E-state index contributed by atoms with van der Waals surface area (Å²) in [5, 5.41) is 0. The molecule has 0 N–H and O–H groups in total. The van der Waals surface area contributed by atoms with Crippen LogP contribution in [-0.4, -0.2) is 43.4 Å². The molecule has 22 heavy (non-hydrogen) atoms. The van der Waals surface area contributed by atoms with Crippen LogP contribution in [0.3, 0.4) is 0 Å². The lowest BCUT2D eigenvalue weighted by Gasteiger charge is -2.33. The summed E-state index contributed by atoms with van der Waals surface area (Å²) < 4.78 is 11.5. The number of methoxy groups -OCH3 is 1. The van der Waals surface area contributed by atoms with E-state index in [0.717, 1.165) is 12.0 Å². The quantitative estimate of drug-likeness (QED) is 0.792. The molecule has 4 rings (SSSR count). The molecule has 2 unspecified atom stereocenters. The number of amides is 1. The molecule has 2 atom stereocenters. The molecular formula is C17H17NO4. The third-order valence-corrected chi connectivity index (χ3v) is 5.03. The van der Waals surface area contributed by atoms with Gasteiger partial charge in [-0.1, -0.05) is 6.08 Å². The lowest BCUT2D eigenvalue weighted by atomic mass is 9.69. The predicted octanol–water partition coefficient (Wildman–Crippen LogP) is 1.70. The number of carbonyl (C=O) groups is 2. The van der Waals surface area contributed by atoms with Gasteiger partial charge in [0, 0.05) is 31.1 Å². The summed E-state index contributed by atoms with van der Waals surface area (Å²) >= 11 is 0. The molecule has 5 nitrogen and oxygen atoms in total. The first kappa shape index (κ1) is 13.4. The Morgan fingerprint density at radius 2 is 2.18 bits per heavy atom. The molecule has 1 amide bonds. The van der Waals surface area contributed by atoms with Gasteiger partial charge in [0.2, 0.25) is 0 Å². The van der Waals surface area contributed by atoms with Crippen LogP contribution in [0.1, 0.15) is 28.8 Å². The Kier molecular flexibility index (Phi) is 2.64. The van der Waals surface area contributed by atoms with Crippen LogP contribution in [0.2, 0.25) is 0 Å². The molecule has 2 aliphatic heterocycles. The van der Waals surface area contributed by atoms with Crippen molar-refractivity contribution in [3.05, 3.63) is 35.4 Å². The van der Waals surface area contributed by atoms with Crippen molar-refractivity contribution in [2.45, 2.75) is 24.4 Å². The Bertz CT molecular complexity index is 724. The van der Waals surface area contributed by atoms with E-state index in [1.165, 1.54) is 0 Å². The normalized spacial score (nSPS) is 28.8. The maximum absolute atomic E-state index is 12.6. The summed E-state index contributed by atoms with van der Waals surface area (Å²) in [6.45, 7) is 0.633. The zero-order chi connectivity index (χ0) is 15.5. The molecule has 1 aromatic rings. The number of hydrogen-bond donors (Lipinski definition) is 0. The van der Waals surface area contributed by atoms with E-state index in [0.29, 0.717) is 30.0 Å². The van der Waals surface area contributed by atoms with Gasteiger partial charge in [0.25, 0.3) is 5.91 Å². The van der Waals surface area contributed by atoms with Crippen LogP contribution in [-0.2, 0) is 10.2 Å². The molecule has 0 radical (unpaired) electrons. The average molecular weight is 299 g/mol. The summed E-state index contributed by atoms with van der Waals surface area (Å²) in [5.41, 5.74) is 1.13. The molecule has 5 heteroatoms. The zero-order valence-corrected chi connectivity index (χ0v) is 12.6. The minimum atomic E-state index is -0.409. The fourth-order valence-corrected chi connectivity index (χ4v) is 3.83. The van der Waals surface area contributed by atoms with Crippen molar-refractivity contribution < 1.29 is 19.1 Å². The van der Waals surface area contributed by atoms with Crippen molar-refractivity contribution in [1.29, 1.82) is 0 Å². The van der Waals surface area contributed by atoms with Crippen LogP contribution >= 0.6 is 0 Å². The molecule has 114 valence electrons. The summed E-state index contributed by atoms with van der Waals surface area (Å²) in [6, 6.07) is 3.57. The molecule has 0 saturated heterocycles. The first-order valence-electron chi connectivity index (χ1n) is 7.42. The van der Waals surface area contributed by atoms with E-state index < -0.39 is 5.41 Å². The number of allylic oxidation sites excluding steroid dienone is 1. The highest BCUT2D eigenvalue weighted by Crippen LogP contribution is 2.55. The van der Waals surface area contributed by atoms with Gasteiger partial charge in [-0.05, 0) is 24.6 Å². The van der Waals surface area contributed by atoms with Crippen LogP contribution in [0.5, 0.6) is 11.5 Å². The van der Waals surface area contributed by atoms with Crippen LogP contribution in [0.4, 0.5) is 0 Å². The Balaban J connectivity index is 2.02. The standard InChI is InChI=1S/C17H17NO4/c1-18-8-7-17-6-5-10(19)9-13(17)22-15-12(21-2)4-3-11(14(15)17)16(18)20/h3-6,13H,7-9H2,1-2H3. The average Bonchev–Trinajstić information content (AvgIpc) is 2.80. The van der Waals surface area contributed by atoms with Crippen molar-refractivity contribution in [2.24, 2.45) is 0 Å². The summed E-state index contributed by atoms with van der Waals surface area (Å²) in [6.07, 6.45) is 4.40. The fourth-order valence-electron chi connectivity index (χ4n) is 3.83. The van der Waals surface area contributed by atoms with Gasteiger partial charge in [0.05, 0.1) is 12.5 Å². The van der Waals surface area contributed by atoms with E-state index in [-0.39, 0.29) is 17.8 Å². The number of rotatable bonds is 1. The smallest absolute Gasteiger partial charge is 0.254 e. The monoisotopic (exact) mass is 299 g/mol. The topological polar surface area (TPSA) is 55.8 Å². The Hall–Kier alpha value is -2.30. The Morgan fingerprint density at radius 1 is 1.36 bits per heavy atom. The Morgan fingerprint density at radius 3 is 2.95 bits per heavy atom. The van der Waals surface area contributed by atoms with Gasteiger partial charge in [0.15, 0.2) is 17.3 Å². The van der Waals surface area contributed by atoms with Gasteiger partial charge in [-0.3, -0.25) is 9.59 Å². The van der Waals surface area contributed by atoms with Crippen LogP contribution in [0.25, 0.3) is 0 Å². The van der Waals surface area contributed by atoms with Crippen LogP contribution in [0, 0.1) is 0 Å². The van der Waals surface area contributed by atoms with E-state index >= 15 is 0 Å². The number of hydrogen-bond acceptors (Lipinski definition) is 4. The van der Waals surface area contributed by atoms with Crippen molar-refractivity contribution in [3.63, 3.8) is 0 Å². The third-order valence-electron chi connectivity index (χ3n) is 5.03. The molecule has 1 aromatic carbocycles. The van der Waals surface area contributed by atoms with Gasteiger partial charge >= 0.3 is 0 Å². The summed E-state index contributed by atoms with van der Waals surface area (Å²) in [7, 11) is 3.39. The molecular weight excluding hydrogens is 282 g/mol. The molecule has 1 aliphatic carbocycles. The van der Waals surface area contributed by atoms with Crippen molar-refractivity contribution in [2.75, 3.05) is 20.7 Å². The number of benzene rings is 1. The maximum atomic E-state index is 12.6. The van der Waals surface area contributed by atoms with Crippen molar-refractivity contribution in [1.82, 2.24) is 4.90 Å². The van der Waals surface area contributed by atoms with Gasteiger partial charge in [-0.2, -0.15) is 0 Å². The largest absolute Gasteiger partial charge is 0.493 e. The molecule has 2 heterocycles. The van der Waals surface area contributed by atoms with E-state index in [2.05, 4.69) is 0 Å². The molecule has 0 fully saturated rings. The lowest BCUT2D eigenvalue weighted by molar-refractivity contribution is -0.117. The number of carbonyl (C=O) groups excluding carboxylic acids is 2. The van der Waals surface area contributed by atoms with E-state index in [1.54, 1.807) is 30.2 Å². The predicted molar refractivity (Wildman–Crippen MR) is 79.4 cm³/mol. The molecule has 0 bridgehead atoms. The van der Waals surface area contributed by atoms with E-state index in [4.69, 9.17) is 9.47 Å². The first-order valence-corrected chi connectivity index (χ1v) is 7.42. The summed E-state index contributed by atoms with van der Waals surface area (Å²) in [4.78, 5) is 26.2. The van der Waals surface area contributed by atoms with Crippen molar-refractivity contribution >= 4 is 11.7 Å². The molecule has 0 saturated carbocycles. The maximum Gasteiger partial charge on any atom is 0.254 e. The van der Waals surface area contributed by atoms with Gasteiger partial charge in [0.1, 0.15) is 6.10 Å². The minimum absolute atomic E-state index is 0.00896. The second-order valence-electron chi connectivity index (χ2n) is 6.15. The second-order valence-corrected chi connectivity index (χ2v) is 6.15. The zero-order valence-electron chi connectivity index (χ0n) is 12.6. The highest BCUT2D eigenvalue weighted by molar-refractivity contribution is 5.99. The number of nitrogens with zero attached hydrogens (tertiary/aromatic N) is 1. The van der Waals surface area contributed by atoms with Crippen molar-refractivity contribution in [3.8, 4) is 11.5 Å². The lowest BCUT2D eigenvalue weighted by Crippen LogP contribution is -2.41. The highest BCUT2D eigenvalue weighted by Gasteiger charge is 2.53. The minimum Gasteiger partial charge on any atom is -0.493 e. The van der Waals surface area contributed by atoms with Crippen LogP contribution in [0.15, 0.2) is 24.3 Å². The number of ketones is 1. The van der Waals surface area contributed by atoms with Gasteiger partial charge < -0.3 is 14.4 Å². The molecule has 0 aromatic heterocycles. The SMILES string of the molecule is COc1ccc2c3c1OC1CC(=O)C=CC31CCN(C)C2=O. The Labute approximate surface area is 128 Å². The van der Waals surface area contributed by atoms with E-state index in [1.807, 2.05) is 13.1 Å². The number of ether oxygens (including phenoxy) is 2.